The molecule has 1 unspecified atom stereocenters. The van der Waals surface area contributed by atoms with Crippen LogP contribution in [0.5, 0.6) is 0 Å². The van der Waals surface area contributed by atoms with E-state index >= 15 is 0 Å². The van der Waals surface area contributed by atoms with Crippen LogP contribution in [0.25, 0.3) is 0 Å². The van der Waals surface area contributed by atoms with Crippen molar-refractivity contribution in [2.75, 3.05) is 12.7 Å². The Hall–Kier alpha value is -1.61. The van der Waals surface area contributed by atoms with Crippen molar-refractivity contribution in [3.05, 3.63) is 35.4 Å². The van der Waals surface area contributed by atoms with Gasteiger partial charge in [-0.2, -0.15) is 4.99 Å². The van der Waals surface area contributed by atoms with Crippen LogP contribution in [-0.2, 0) is 10.8 Å². The van der Waals surface area contributed by atoms with Crippen LogP contribution in [0.4, 0.5) is 0 Å². The second-order valence-corrected chi connectivity index (χ2v) is 7.51. The molecule has 0 aliphatic heterocycles. The number of aliphatic imine (C=N–C) groups is 2. The molecule has 0 heterocycles. The summed E-state index contributed by atoms with van der Waals surface area (Å²) in [7, 11) is 2.07. The predicted molar refractivity (Wildman–Crippen MR) is 119 cm³/mol. The number of nitrogens with zero attached hydrogens (tertiary/aromatic N) is 2. The Morgan fingerprint density at radius 2 is 1.27 bits per heavy atom. The van der Waals surface area contributed by atoms with Crippen molar-refractivity contribution in [3.63, 3.8) is 0 Å². The van der Waals surface area contributed by atoms with Crippen molar-refractivity contribution >= 4 is 21.2 Å². The van der Waals surface area contributed by atoms with Gasteiger partial charge >= 0.3 is 0 Å². The maximum atomic E-state index is 5.81. The van der Waals surface area contributed by atoms with Gasteiger partial charge in [-0.15, -0.1) is 0 Å². The topological polar surface area (TPSA) is 103 Å². The minimum Gasteiger partial charge on any atom is -0.370 e. The summed E-state index contributed by atoms with van der Waals surface area (Å²) < 4.78 is 0. The molecule has 1 rings (SSSR count). The summed E-state index contributed by atoms with van der Waals surface area (Å²) in [5.74, 6) is 0.0702. The molecule has 1 aromatic rings. The largest absolute Gasteiger partial charge is 0.370 e. The Balaban J connectivity index is 3.20. The van der Waals surface area contributed by atoms with E-state index in [1.165, 1.54) is 30.1 Å². The van der Waals surface area contributed by atoms with Crippen LogP contribution in [0.1, 0.15) is 64.5 Å². The second kappa shape index (κ2) is 9.91. The van der Waals surface area contributed by atoms with Gasteiger partial charge in [-0.3, -0.25) is 4.99 Å². The van der Waals surface area contributed by atoms with Gasteiger partial charge in [-0.25, -0.2) is 0 Å². The fraction of sp³-hybridized carbons (Fsp3) is 0.600. The van der Waals surface area contributed by atoms with E-state index in [1.54, 1.807) is 0 Å². The van der Waals surface area contributed by atoms with Gasteiger partial charge in [0.15, 0.2) is 5.96 Å². The first-order valence-electron chi connectivity index (χ1n) is 9.62. The molecule has 0 aliphatic carbocycles. The quantitative estimate of drug-likeness (QED) is 0.350. The highest BCUT2D eigenvalue weighted by Gasteiger charge is 2.31. The number of nitrogens with two attached hydrogens (primary N) is 3. The van der Waals surface area contributed by atoms with E-state index < -0.39 is 0 Å². The zero-order valence-electron chi connectivity index (χ0n) is 16.9. The van der Waals surface area contributed by atoms with Gasteiger partial charge in [0, 0.05) is 10.8 Å². The van der Waals surface area contributed by atoms with Crippen molar-refractivity contribution in [1.29, 1.82) is 0 Å². The number of rotatable bonds is 9. The molecule has 0 aromatic heterocycles. The standard InChI is InChI=1S/C20H36N5P/c1-5-19(6-2,13-24-18(23)25-17(21)22)15-9-11-16(12-10-15)20(7-3,8-4)14-26/h9-12H,5-8,13-14,26H2,1-4H3,(H6,21,22,23,24,25)/p+1. The first kappa shape index (κ1) is 22.4. The van der Waals surface area contributed by atoms with Crippen molar-refractivity contribution < 1.29 is 0 Å². The van der Waals surface area contributed by atoms with E-state index in [0.29, 0.717) is 6.54 Å². The SMILES string of the molecule is CCC(CC)(C[PH3+])c1ccc(C(CC)(CC)CN=C(N)N=C(N)N)cc1. The number of hydrogen-bond donors (Lipinski definition) is 3. The summed E-state index contributed by atoms with van der Waals surface area (Å²) in [5, 5.41) is 0. The Morgan fingerprint density at radius 1 is 0.846 bits per heavy atom. The highest BCUT2D eigenvalue weighted by molar-refractivity contribution is 7.16. The Labute approximate surface area is 161 Å². The zero-order valence-corrected chi connectivity index (χ0v) is 18.3. The number of benzene rings is 1. The first-order chi connectivity index (χ1) is 12.3. The molecule has 0 radical (unpaired) electrons. The average molecular weight is 379 g/mol. The van der Waals surface area contributed by atoms with Crippen LogP contribution >= 0.6 is 9.24 Å². The Bertz CT molecular complexity index is 601. The Kier molecular flexibility index (Phi) is 8.55. The molecule has 6 heteroatoms. The summed E-state index contributed by atoms with van der Waals surface area (Å²) >= 11 is 0. The summed E-state index contributed by atoms with van der Waals surface area (Å²) in [5.41, 5.74) is 19.5. The third-order valence-corrected chi connectivity index (χ3v) is 7.04. The van der Waals surface area contributed by atoms with Gasteiger partial charge in [-0.05, 0) is 46.0 Å². The molecule has 6 N–H and O–H groups in total. The molecule has 0 fully saturated rings. The second-order valence-electron chi connectivity index (χ2n) is 7.01. The van der Waals surface area contributed by atoms with Crippen LogP contribution in [-0.4, -0.2) is 24.6 Å². The third-order valence-electron chi connectivity index (χ3n) is 6.08. The Morgan fingerprint density at radius 3 is 1.62 bits per heavy atom. The predicted octanol–water partition coefficient (Wildman–Crippen LogP) is 3.00. The van der Waals surface area contributed by atoms with Crippen LogP contribution in [0, 0.1) is 0 Å². The van der Waals surface area contributed by atoms with E-state index in [4.69, 9.17) is 17.2 Å². The van der Waals surface area contributed by atoms with Crippen LogP contribution in [0.15, 0.2) is 34.3 Å². The van der Waals surface area contributed by atoms with Crippen molar-refractivity contribution in [3.8, 4) is 0 Å². The molecule has 0 saturated heterocycles. The average Bonchev–Trinajstić information content (AvgIpc) is 2.65. The summed E-state index contributed by atoms with van der Waals surface area (Å²) in [6.45, 7) is 9.53. The summed E-state index contributed by atoms with van der Waals surface area (Å²) in [6, 6.07) is 9.15. The minimum atomic E-state index is -0.0649. The normalized spacial score (nSPS) is 13.0. The summed E-state index contributed by atoms with van der Waals surface area (Å²) in [6.07, 6.45) is 5.47. The molecular weight excluding hydrogens is 341 g/mol. The zero-order chi connectivity index (χ0) is 19.8. The third kappa shape index (κ3) is 4.97. The molecule has 26 heavy (non-hydrogen) atoms. The van der Waals surface area contributed by atoms with Gasteiger partial charge < -0.3 is 17.2 Å². The lowest BCUT2D eigenvalue weighted by Gasteiger charge is -2.33. The van der Waals surface area contributed by atoms with Crippen LogP contribution in [0.3, 0.4) is 0 Å². The van der Waals surface area contributed by atoms with Gasteiger partial charge in [0.2, 0.25) is 5.96 Å². The van der Waals surface area contributed by atoms with Crippen LogP contribution < -0.4 is 17.2 Å². The van der Waals surface area contributed by atoms with E-state index in [0.717, 1.165) is 12.8 Å². The molecule has 0 spiro atoms. The highest BCUT2D eigenvalue weighted by Crippen LogP contribution is 2.37. The number of guanidine groups is 2. The van der Waals surface area contributed by atoms with E-state index in [-0.39, 0.29) is 22.7 Å². The maximum absolute atomic E-state index is 5.81. The van der Waals surface area contributed by atoms with Gasteiger partial charge in [0.1, 0.15) is 0 Å². The van der Waals surface area contributed by atoms with Crippen LogP contribution in [0.2, 0.25) is 0 Å². The fourth-order valence-electron chi connectivity index (χ4n) is 3.71. The highest BCUT2D eigenvalue weighted by atomic mass is 31.0. The lowest BCUT2D eigenvalue weighted by atomic mass is 9.73. The maximum Gasteiger partial charge on any atom is 0.218 e. The lowest BCUT2D eigenvalue weighted by molar-refractivity contribution is 0.406. The molecule has 146 valence electrons. The molecule has 0 aliphatic rings. The van der Waals surface area contributed by atoms with Crippen molar-refractivity contribution in [1.82, 2.24) is 0 Å². The first-order valence-corrected chi connectivity index (χ1v) is 10.6. The van der Waals surface area contributed by atoms with E-state index in [1.807, 2.05) is 0 Å². The van der Waals surface area contributed by atoms with E-state index in [2.05, 4.69) is 71.2 Å². The molecule has 0 bridgehead atoms. The molecular formula is C20H37N5P+. The monoisotopic (exact) mass is 378 g/mol. The molecule has 0 amide bonds. The molecule has 1 aromatic carbocycles. The lowest BCUT2D eigenvalue weighted by Crippen LogP contribution is -2.31. The number of hydrogen-bond acceptors (Lipinski definition) is 1. The smallest absolute Gasteiger partial charge is 0.218 e. The fourth-order valence-corrected chi connectivity index (χ4v) is 4.70. The molecule has 0 saturated carbocycles. The van der Waals surface area contributed by atoms with Gasteiger partial charge in [-0.1, -0.05) is 52.0 Å². The van der Waals surface area contributed by atoms with Crippen molar-refractivity contribution in [2.24, 2.45) is 27.2 Å². The van der Waals surface area contributed by atoms with E-state index in [9.17, 15) is 0 Å². The van der Waals surface area contributed by atoms with Crippen molar-refractivity contribution in [2.45, 2.75) is 64.2 Å². The summed E-state index contributed by atoms with van der Waals surface area (Å²) in [4.78, 5) is 8.25. The molecule has 5 nitrogen and oxygen atoms in total. The van der Waals surface area contributed by atoms with Gasteiger partial charge in [0.05, 0.1) is 12.7 Å². The minimum absolute atomic E-state index is 0.0584. The van der Waals surface area contributed by atoms with Gasteiger partial charge in [0.25, 0.3) is 0 Å². The molecule has 1 atom stereocenters.